The Labute approximate surface area is 64.5 Å². The van der Waals surface area contributed by atoms with Crippen molar-refractivity contribution in [3.63, 3.8) is 0 Å². The van der Waals surface area contributed by atoms with Crippen LogP contribution in [0.1, 0.15) is 13.8 Å². The number of hydrogen-bond acceptors (Lipinski definition) is 4. The van der Waals surface area contributed by atoms with Crippen LogP contribution in [0.15, 0.2) is 11.8 Å². The molecule has 62 valence electrons. The molecule has 0 saturated carbocycles. The van der Waals surface area contributed by atoms with Crippen LogP contribution in [-0.4, -0.2) is 23.5 Å². The molecule has 0 amide bonds. The van der Waals surface area contributed by atoms with Gasteiger partial charge in [-0.1, -0.05) is 0 Å². The number of hydrogen-bond donors (Lipinski definition) is 1. The first kappa shape index (κ1) is 9.68. The Bertz CT molecular complexity index is 193. The van der Waals surface area contributed by atoms with Crippen molar-refractivity contribution in [3.8, 4) is 0 Å². The van der Waals surface area contributed by atoms with Gasteiger partial charge in [0.2, 0.25) is 0 Å². The van der Waals surface area contributed by atoms with E-state index in [-0.39, 0.29) is 6.61 Å². The lowest BCUT2D eigenvalue weighted by molar-refractivity contribution is -0.137. The fraction of sp³-hybridized carbons (Fsp3) is 0.429. The molecule has 1 N–H and O–H groups in total. The van der Waals surface area contributed by atoms with E-state index in [1.165, 1.54) is 0 Å². The first-order valence-electron chi connectivity index (χ1n) is 3.16. The minimum Gasteiger partial charge on any atom is -0.504 e. The third kappa shape index (κ3) is 4.13. The summed E-state index contributed by atoms with van der Waals surface area (Å²) in [5.74, 6) is -1.85. The van der Waals surface area contributed by atoms with E-state index < -0.39 is 17.5 Å². The second-order valence-electron chi connectivity index (χ2n) is 1.84. The first-order chi connectivity index (χ1) is 5.07. The van der Waals surface area contributed by atoms with Gasteiger partial charge in [0.1, 0.15) is 0 Å². The van der Waals surface area contributed by atoms with E-state index in [4.69, 9.17) is 5.11 Å². The molecule has 0 aliphatic heterocycles. The van der Waals surface area contributed by atoms with Crippen LogP contribution in [0.5, 0.6) is 0 Å². The summed E-state index contributed by atoms with van der Waals surface area (Å²) in [4.78, 5) is 20.9. The molecule has 4 nitrogen and oxygen atoms in total. The SMILES string of the molecule is CCOC(=O)/C=C(\O)C(C)=O. The van der Waals surface area contributed by atoms with E-state index in [1.807, 2.05) is 0 Å². The van der Waals surface area contributed by atoms with Crippen LogP contribution >= 0.6 is 0 Å². The molecule has 4 heteroatoms. The van der Waals surface area contributed by atoms with Gasteiger partial charge in [-0.2, -0.15) is 0 Å². The summed E-state index contributed by atoms with van der Waals surface area (Å²) in [5, 5.41) is 8.73. The van der Waals surface area contributed by atoms with E-state index in [0.29, 0.717) is 0 Å². The van der Waals surface area contributed by atoms with E-state index in [0.717, 1.165) is 13.0 Å². The number of allylic oxidation sites excluding steroid dienone is 1. The van der Waals surface area contributed by atoms with Crippen molar-refractivity contribution in [2.24, 2.45) is 0 Å². The number of carbonyl (C=O) groups excluding carboxylic acids is 2. The lowest BCUT2D eigenvalue weighted by Crippen LogP contribution is -2.04. The minimum atomic E-state index is -0.708. The number of aliphatic hydroxyl groups is 1. The fourth-order valence-corrected chi connectivity index (χ4v) is 0.397. The number of Topliss-reactive ketones (excluding diaryl/α,β-unsaturated/α-hetero) is 1. The highest BCUT2D eigenvalue weighted by Crippen LogP contribution is 1.91. The van der Waals surface area contributed by atoms with Crippen molar-refractivity contribution in [1.29, 1.82) is 0 Å². The standard InChI is InChI=1S/C7H10O4/c1-3-11-7(10)4-6(9)5(2)8/h4,9H,3H2,1-2H3/b6-4-. The average Bonchev–Trinajstić information content (AvgIpc) is 1.87. The van der Waals surface area contributed by atoms with Gasteiger partial charge < -0.3 is 9.84 Å². The molecular weight excluding hydrogens is 148 g/mol. The van der Waals surface area contributed by atoms with Gasteiger partial charge in [0.25, 0.3) is 0 Å². The largest absolute Gasteiger partial charge is 0.504 e. The molecule has 0 heterocycles. The monoisotopic (exact) mass is 158 g/mol. The molecule has 0 aromatic heterocycles. The van der Waals surface area contributed by atoms with Crippen molar-refractivity contribution in [2.45, 2.75) is 13.8 Å². The van der Waals surface area contributed by atoms with E-state index >= 15 is 0 Å². The van der Waals surface area contributed by atoms with Gasteiger partial charge in [-0.15, -0.1) is 0 Å². The Balaban J connectivity index is 4.08. The maximum absolute atomic E-state index is 10.5. The Hall–Kier alpha value is -1.32. The Kier molecular flexibility index (Phi) is 3.95. The number of esters is 1. The Morgan fingerprint density at radius 1 is 1.55 bits per heavy atom. The molecule has 0 aromatic rings. The zero-order chi connectivity index (χ0) is 8.85. The second kappa shape index (κ2) is 4.49. The predicted octanol–water partition coefficient (Wildman–Crippen LogP) is 0.580. The molecule has 0 bridgehead atoms. The van der Waals surface area contributed by atoms with Gasteiger partial charge in [0.05, 0.1) is 12.7 Å². The lowest BCUT2D eigenvalue weighted by atomic mass is 10.3. The molecule has 0 fully saturated rings. The summed E-state index contributed by atoms with van der Waals surface area (Å²) in [7, 11) is 0. The molecule has 0 aromatic carbocycles. The molecule has 0 rings (SSSR count). The van der Waals surface area contributed by atoms with E-state index in [9.17, 15) is 9.59 Å². The number of carbonyl (C=O) groups is 2. The van der Waals surface area contributed by atoms with Crippen LogP contribution in [0.2, 0.25) is 0 Å². The number of rotatable bonds is 3. The highest BCUT2D eigenvalue weighted by molar-refractivity contribution is 5.97. The molecule has 0 radical (unpaired) electrons. The zero-order valence-electron chi connectivity index (χ0n) is 6.46. The summed E-state index contributed by atoms with van der Waals surface area (Å²) in [5.41, 5.74) is 0. The third-order valence-corrected chi connectivity index (χ3v) is 0.902. The van der Waals surface area contributed by atoms with Crippen LogP contribution in [0, 0.1) is 0 Å². The first-order valence-corrected chi connectivity index (χ1v) is 3.16. The van der Waals surface area contributed by atoms with Crippen molar-refractivity contribution in [1.82, 2.24) is 0 Å². The average molecular weight is 158 g/mol. The maximum atomic E-state index is 10.5. The van der Waals surface area contributed by atoms with Crippen molar-refractivity contribution in [3.05, 3.63) is 11.8 Å². The quantitative estimate of drug-likeness (QED) is 0.370. The second-order valence-corrected chi connectivity index (χ2v) is 1.84. The van der Waals surface area contributed by atoms with Crippen LogP contribution in [0.4, 0.5) is 0 Å². The van der Waals surface area contributed by atoms with Crippen LogP contribution in [-0.2, 0) is 14.3 Å². The van der Waals surface area contributed by atoms with Gasteiger partial charge in [-0.05, 0) is 6.92 Å². The predicted molar refractivity (Wildman–Crippen MR) is 38.0 cm³/mol. The van der Waals surface area contributed by atoms with Crippen LogP contribution in [0.25, 0.3) is 0 Å². The van der Waals surface area contributed by atoms with Gasteiger partial charge in [0, 0.05) is 6.92 Å². The summed E-state index contributed by atoms with van der Waals surface area (Å²) < 4.78 is 4.44. The molecule has 0 spiro atoms. The summed E-state index contributed by atoms with van der Waals surface area (Å²) in [6, 6.07) is 0. The molecule has 0 unspecified atom stereocenters. The van der Waals surface area contributed by atoms with E-state index in [2.05, 4.69) is 4.74 Å². The highest BCUT2D eigenvalue weighted by Gasteiger charge is 2.03. The highest BCUT2D eigenvalue weighted by atomic mass is 16.5. The minimum absolute atomic E-state index is 0.223. The number of ketones is 1. The fourth-order valence-electron chi connectivity index (χ4n) is 0.397. The number of ether oxygens (including phenoxy) is 1. The van der Waals surface area contributed by atoms with Crippen LogP contribution in [0.3, 0.4) is 0 Å². The van der Waals surface area contributed by atoms with Crippen molar-refractivity contribution >= 4 is 11.8 Å². The molecule has 11 heavy (non-hydrogen) atoms. The molecule has 0 saturated heterocycles. The van der Waals surface area contributed by atoms with Gasteiger partial charge >= 0.3 is 5.97 Å². The lowest BCUT2D eigenvalue weighted by Gasteiger charge is -1.95. The number of aliphatic hydroxyl groups excluding tert-OH is 1. The summed E-state index contributed by atoms with van der Waals surface area (Å²) in [6.07, 6.45) is 0.756. The summed E-state index contributed by atoms with van der Waals surface area (Å²) >= 11 is 0. The molecule has 0 aliphatic rings. The third-order valence-electron chi connectivity index (χ3n) is 0.902. The maximum Gasteiger partial charge on any atom is 0.334 e. The van der Waals surface area contributed by atoms with Crippen molar-refractivity contribution in [2.75, 3.05) is 6.61 Å². The topological polar surface area (TPSA) is 63.6 Å². The smallest absolute Gasteiger partial charge is 0.334 e. The summed E-state index contributed by atoms with van der Waals surface area (Å²) in [6.45, 7) is 3.02. The zero-order valence-corrected chi connectivity index (χ0v) is 6.46. The molecular formula is C7H10O4. The molecule has 0 aliphatic carbocycles. The van der Waals surface area contributed by atoms with Gasteiger partial charge in [-0.25, -0.2) is 4.79 Å². The molecule has 0 atom stereocenters. The van der Waals surface area contributed by atoms with E-state index in [1.54, 1.807) is 6.92 Å². The van der Waals surface area contributed by atoms with Gasteiger partial charge in [-0.3, -0.25) is 4.79 Å². The van der Waals surface area contributed by atoms with Gasteiger partial charge in [0.15, 0.2) is 11.5 Å². The van der Waals surface area contributed by atoms with Crippen molar-refractivity contribution < 1.29 is 19.4 Å². The Morgan fingerprint density at radius 3 is 2.45 bits per heavy atom. The normalized spacial score (nSPS) is 10.9. The van der Waals surface area contributed by atoms with Crippen LogP contribution < -0.4 is 0 Å². The Morgan fingerprint density at radius 2 is 2.09 bits per heavy atom.